The fraction of sp³-hybridized carbons (Fsp3) is 0.286. The summed E-state index contributed by atoms with van der Waals surface area (Å²) in [6, 6.07) is 16.3. The maximum atomic E-state index is 14.7. The van der Waals surface area contributed by atoms with E-state index >= 15 is 0 Å². The van der Waals surface area contributed by atoms with Crippen LogP contribution < -0.4 is 5.32 Å². The molecule has 1 unspecified atom stereocenters. The molecule has 0 saturated carbocycles. The van der Waals surface area contributed by atoms with Crippen LogP contribution in [0.5, 0.6) is 0 Å². The molecule has 0 bridgehead atoms. The van der Waals surface area contributed by atoms with Crippen molar-refractivity contribution >= 4 is 17.5 Å². The third-order valence-electron chi connectivity index (χ3n) is 6.62. The second-order valence-corrected chi connectivity index (χ2v) is 9.05. The van der Waals surface area contributed by atoms with E-state index in [0.717, 1.165) is 6.07 Å². The van der Waals surface area contributed by atoms with E-state index in [1.165, 1.54) is 36.1 Å². The largest absolute Gasteiger partial charge is 0.416 e. The van der Waals surface area contributed by atoms with Crippen LogP contribution in [0.25, 0.3) is 0 Å². The van der Waals surface area contributed by atoms with Crippen LogP contribution in [-0.2, 0) is 11.0 Å². The fourth-order valence-electron chi connectivity index (χ4n) is 4.85. The van der Waals surface area contributed by atoms with Crippen LogP contribution >= 0.6 is 0 Å². The Morgan fingerprint density at radius 2 is 1.67 bits per heavy atom. The molecule has 1 heterocycles. The van der Waals surface area contributed by atoms with Gasteiger partial charge >= 0.3 is 6.18 Å². The Labute approximate surface area is 206 Å². The first-order chi connectivity index (χ1) is 17.1. The molecule has 36 heavy (non-hydrogen) atoms. The molecule has 3 aromatic rings. The SMILES string of the molecule is Cc1ccc(NC(=O)[C@H]2CCCN(C(=O)c3c(C)cccc3F)C2c2ccccc2)cc1C(F)(F)F. The Bertz CT molecular complexity index is 1250. The van der Waals surface area contributed by atoms with Crippen LogP contribution in [0.3, 0.4) is 0 Å². The zero-order valence-electron chi connectivity index (χ0n) is 19.9. The zero-order chi connectivity index (χ0) is 26.0. The Kier molecular flexibility index (Phi) is 7.15. The minimum atomic E-state index is -4.55. The lowest BCUT2D eigenvalue weighted by Crippen LogP contribution is -2.46. The van der Waals surface area contributed by atoms with Crippen molar-refractivity contribution in [3.63, 3.8) is 0 Å². The van der Waals surface area contributed by atoms with E-state index in [1.54, 1.807) is 43.3 Å². The van der Waals surface area contributed by atoms with Crippen molar-refractivity contribution in [2.24, 2.45) is 5.92 Å². The highest BCUT2D eigenvalue weighted by molar-refractivity contribution is 5.98. The van der Waals surface area contributed by atoms with Crippen LogP contribution in [0.2, 0.25) is 0 Å². The second kappa shape index (κ2) is 10.1. The number of piperidine rings is 1. The third kappa shape index (κ3) is 5.12. The van der Waals surface area contributed by atoms with Crippen molar-refractivity contribution in [2.45, 2.75) is 38.9 Å². The first kappa shape index (κ1) is 25.4. The molecule has 0 aliphatic carbocycles. The minimum Gasteiger partial charge on any atom is -0.331 e. The number of anilines is 1. The number of nitrogens with one attached hydrogen (secondary N) is 1. The molecule has 0 spiro atoms. The number of likely N-dealkylation sites (tertiary alicyclic amines) is 1. The van der Waals surface area contributed by atoms with Gasteiger partial charge in [-0.25, -0.2) is 4.39 Å². The van der Waals surface area contributed by atoms with Crippen LogP contribution in [0.15, 0.2) is 66.7 Å². The van der Waals surface area contributed by atoms with Gasteiger partial charge in [-0.15, -0.1) is 0 Å². The average molecular weight is 499 g/mol. The topological polar surface area (TPSA) is 49.4 Å². The van der Waals surface area contributed by atoms with Crippen LogP contribution in [0.4, 0.5) is 23.2 Å². The molecule has 0 aromatic heterocycles. The number of carbonyl (C=O) groups excluding carboxylic acids is 2. The summed E-state index contributed by atoms with van der Waals surface area (Å²) in [6.07, 6.45) is -3.64. The van der Waals surface area contributed by atoms with Gasteiger partial charge < -0.3 is 10.2 Å². The first-order valence-electron chi connectivity index (χ1n) is 11.7. The van der Waals surface area contributed by atoms with E-state index in [1.807, 2.05) is 0 Å². The molecule has 1 fully saturated rings. The highest BCUT2D eigenvalue weighted by Gasteiger charge is 2.41. The monoisotopic (exact) mass is 498 g/mol. The summed E-state index contributed by atoms with van der Waals surface area (Å²) in [5.41, 5.74) is 0.385. The van der Waals surface area contributed by atoms with Crippen molar-refractivity contribution in [1.82, 2.24) is 4.90 Å². The molecular formula is C28H26F4N2O2. The molecule has 4 rings (SSSR count). The quantitative estimate of drug-likeness (QED) is 0.407. The third-order valence-corrected chi connectivity index (χ3v) is 6.62. The van der Waals surface area contributed by atoms with E-state index in [-0.39, 0.29) is 16.8 Å². The summed E-state index contributed by atoms with van der Waals surface area (Å²) in [4.78, 5) is 28.5. The summed E-state index contributed by atoms with van der Waals surface area (Å²) in [5.74, 6) is -2.40. The van der Waals surface area contributed by atoms with E-state index in [9.17, 15) is 27.2 Å². The van der Waals surface area contributed by atoms with Gasteiger partial charge in [0.15, 0.2) is 0 Å². The van der Waals surface area contributed by atoms with Crippen LogP contribution in [-0.4, -0.2) is 23.3 Å². The Morgan fingerprint density at radius 1 is 0.944 bits per heavy atom. The van der Waals surface area contributed by atoms with Crippen molar-refractivity contribution in [3.05, 3.63) is 100 Å². The number of carbonyl (C=O) groups is 2. The number of hydrogen-bond acceptors (Lipinski definition) is 2. The number of hydrogen-bond donors (Lipinski definition) is 1. The maximum absolute atomic E-state index is 14.7. The predicted octanol–water partition coefficient (Wildman–Crippen LogP) is 6.69. The number of aryl methyl sites for hydroxylation is 2. The molecule has 1 N–H and O–H groups in total. The smallest absolute Gasteiger partial charge is 0.331 e. The predicted molar refractivity (Wildman–Crippen MR) is 129 cm³/mol. The Balaban J connectivity index is 1.69. The highest BCUT2D eigenvalue weighted by Crippen LogP contribution is 2.39. The van der Waals surface area contributed by atoms with E-state index < -0.39 is 41.3 Å². The van der Waals surface area contributed by atoms with Crippen molar-refractivity contribution < 1.29 is 27.2 Å². The van der Waals surface area contributed by atoms with Gasteiger partial charge in [-0.3, -0.25) is 9.59 Å². The molecule has 188 valence electrons. The molecule has 8 heteroatoms. The number of benzene rings is 3. The summed E-state index contributed by atoms with van der Waals surface area (Å²) in [7, 11) is 0. The summed E-state index contributed by atoms with van der Waals surface area (Å²) in [5, 5.41) is 2.62. The molecule has 1 aliphatic rings. The van der Waals surface area contributed by atoms with Crippen molar-refractivity contribution in [2.75, 3.05) is 11.9 Å². The summed E-state index contributed by atoms with van der Waals surface area (Å²) >= 11 is 0. The summed E-state index contributed by atoms with van der Waals surface area (Å²) < 4.78 is 54.8. The van der Waals surface area contributed by atoms with E-state index in [0.29, 0.717) is 30.5 Å². The van der Waals surface area contributed by atoms with Crippen LogP contribution in [0, 0.1) is 25.6 Å². The normalized spacial score (nSPS) is 18.1. The summed E-state index contributed by atoms with van der Waals surface area (Å²) in [6.45, 7) is 3.32. The van der Waals surface area contributed by atoms with Gasteiger partial charge in [0.1, 0.15) is 5.82 Å². The van der Waals surface area contributed by atoms with Crippen molar-refractivity contribution in [3.8, 4) is 0 Å². The van der Waals surface area contributed by atoms with Gasteiger partial charge in [0.25, 0.3) is 5.91 Å². The molecular weight excluding hydrogens is 472 g/mol. The molecule has 1 saturated heterocycles. The number of rotatable bonds is 4. The second-order valence-electron chi connectivity index (χ2n) is 9.05. The van der Waals surface area contributed by atoms with Gasteiger partial charge in [0, 0.05) is 12.2 Å². The van der Waals surface area contributed by atoms with Gasteiger partial charge in [-0.1, -0.05) is 48.5 Å². The lowest BCUT2D eigenvalue weighted by atomic mass is 9.83. The molecule has 0 radical (unpaired) electrons. The van der Waals surface area contributed by atoms with Gasteiger partial charge in [0.2, 0.25) is 5.91 Å². The highest BCUT2D eigenvalue weighted by atomic mass is 19.4. The molecule has 2 atom stereocenters. The fourth-order valence-corrected chi connectivity index (χ4v) is 4.85. The number of amides is 2. The lowest BCUT2D eigenvalue weighted by Gasteiger charge is -2.41. The van der Waals surface area contributed by atoms with E-state index in [2.05, 4.69) is 5.32 Å². The lowest BCUT2D eigenvalue weighted by molar-refractivity contribution is -0.138. The van der Waals surface area contributed by atoms with Gasteiger partial charge in [-0.05, 0) is 61.6 Å². The molecule has 3 aromatic carbocycles. The van der Waals surface area contributed by atoms with Gasteiger partial charge in [0.05, 0.1) is 23.1 Å². The van der Waals surface area contributed by atoms with Crippen molar-refractivity contribution in [1.29, 1.82) is 0 Å². The average Bonchev–Trinajstić information content (AvgIpc) is 2.84. The Morgan fingerprint density at radius 3 is 2.33 bits per heavy atom. The number of nitrogens with zero attached hydrogens (tertiary/aromatic N) is 1. The first-order valence-corrected chi connectivity index (χ1v) is 11.7. The van der Waals surface area contributed by atoms with E-state index in [4.69, 9.17) is 0 Å². The zero-order valence-corrected chi connectivity index (χ0v) is 19.9. The standard InChI is InChI=1S/C28H26F4N2O2/c1-17-13-14-20(16-22(17)28(30,31)32)33-26(35)21-11-7-15-34(25(21)19-9-4-3-5-10-19)27(36)24-18(2)8-6-12-23(24)29/h3-6,8-10,12-14,16,21,25H,7,11,15H2,1-2H3,(H,33,35)/t21-,25?/m0/s1. The van der Waals surface area contributed by atoms with Crippen LogP contribution in [0.1, 0.15) is 51.5 Å². The molecule has 1 aliphatic heterocycles. The molecule has 2 amide bonds. The maximum Gasteiger partial charge on any atom is 0.416 e. The molecule has 4 nitrogen and oxygen atoms in total. The number of alkyl halides is 3. The minimum absolute atomic E-state index is 0.0261. The van der Waals surface area contributed by atoms with Gasteiger partial charge in [-0.2, -0.15) is 13.2 Å². The number of halogens is 4. The Hall–Kier alpha value is -3.68.